The monoisotopic (exact) mass is 233 g/mol. The van der Waals surface area contributed by atoms with Gasteiger partial charge in [0.05, 0.1) is 0 Å². The molecule has 3 N–H and O–H groups in total. The van der Waals surface area contributed by atoms with Crippen molar-refractivity contribution in [2.45, 2.75) is 19.8 Å². The van der Waals surface area contributed by atoms with Gasteiger partial charge >= 0.3 is 0 Å². The van der Waals surface area contributed by atoms with Crippen molar-refractivity contribution in [1.29, 1.82) is 0 Å². The maximum Gasteiger partial charge on any atom is 0.217 e. The predicted octanol–water partition coefficient (Wildman–Crippen LogP) is 0.715. The van der Waals surface area contributed by atoms with Crippen molar-refractivity contribution in [3.05, 3.63) is 24.0 Å². The van der Waals surface area contributed by atoms with Crippen LogP contribution in [0, 0.1) is 6.92 Å². The fourth-order valence-corrected chi connectivity index (χ4v) is 1.66. The third kappa shape index (κ3) is 2.72. The summed E-state index contributed by atoms with van der Waals surface area (Å²) in [6.07, 6.45) is 2.61. The first-order chi connectivity index (χ1) is 8.16. The lowest BCUT2D eigenvalue weighted by atomic mass is 10.2. The Hall–Kier alpha value is -2.11. The molecule has 0 fully saturated rings. The van der Waals surface area contributed by atoms with Crippen molar-refractivity contribution in [3.63, 3.8) is 0 Å². The Morgan fingerprint density at radius 3 is 3.12 bits per heavy atom. The van der Waals surface area contributed by atoms with Crippen LogP contribution in [-0.4, -0.2) is 27.0 Å². The van der Waals surface area contributed by atoms with Gasteiger partial charge in [-0.2, -0.15) is 9.61 Å². The van der Waals surface area contributed by atoms with Gasteiger partial charge in [0.2, 0.25) is 5.91 Å². The van der Waals surface area contributed by atoms with Crippen LogP contribution in [0.3, 0.4) is 0 Å². The molecular weight excluding hydrogens is 218 g/mol. The minimum absolute atomic E-state index is 0.276. The third-order valence-corrected chi connectivity index (χ3v) is 2.43. The van der Waals surface area contributed by atoms with Crippen molar-refractivity contribution in [2.24, 2.45) is 5.73 Å². The number of fused-ring (bicyclic) bond motifs is 1. The molecule has 0 aliphatic carbocycles. The topological polar surface area (TPSA) is 85.3 Å². The minimum Gasteiger partial charge on any atom is -0.370 e. The van der Waals surface area contributed by atoms with Crippen LogP contribution >= 0.6 is 0 Å². The molecule has 2 aromatic rings. The number of aryl methyl sites for hydroxylation is 1. The Morgan fingerprint density at radius 1 is 1.53 bits per heavy atom. The molecule has 90 valence electrons. The highest BCUT2D eigenvalue weighted by Crippen LogP contribution is 2.13. The van der Waals surface area contributed by atoms with E-state index in [1.807, 2.05) is 19.1 Å². The van der Waals surface area contributed by atoms with Crippen molar-refractivity contribution in [3.8, 4) is 0 Å². The van der Waals surface area contributed by atoms with Crippen LogP contribution in [0.25, 0.3) is 5.65 Å². The number of rotatable bonds is 5. The Kier molecular flexibility index (Phi) is 3.22. The van der Waals surface area contributed by atoms with Gasteiger partial charge in [0.25, 0.3) is 0 Å². The molecule has 0 atom stereocenters. The Bertz CT molecular complexity index is 534. The van der Waals surface area contributed by atoms with Gasteiger partial charge in [-0.25, -0.2) is 4.98 Å². The normalized spacial score (nSPS) is 10.6. The molecule has 0 unspecified atom stereocenters. The van der Waals surface area contributed by atoms with E-state index in [-0.39, 0.29) is 5.91 Å². The van der Waals surface area contributed by atoms with E-state index >= 15 is 0 Å². The Morgan fingerprint density at radius 2 is 2.35 bits per heavy atom. The first kappa shape index (κ1) is 11.4. The van der Waals surface area contributed by atoms with E-state index in [0.29, 0.717) is 19.4 Å². The molecule has 17 heavy (non-hydrogen) atoms. The second-order valence-electron chi connectivity index (χ2n) is 3.94. The number of primary amides is 1. The highest BCUT2D eigenvalue weighted by Gasteiger charge is 2.03. The summed E-state index contributed by atoms with van der Waals surface area (Å²) in [6, 6.07) is 3.95. The molecule has 0 bridgehead atoms. The SMILES string of the molecule is Cc1cc(NCCCC(N)=O)n2ncnc2c1. The number of aromatic nitrogens is 3. The number of carbonyl (C=O) groups is 1. The Balaban J connectivity index is 2.07. The number of nitrogens with zero attached hydrogens (tertiary/aromatic N) is 3. The lowest BCUT2D eigenvalue weighted by molar-refractivity contribution is -0.118. The summed E-state index contributed by atoms with van der Waals surface area (Å²) in [5, 5.41) is 7.35. The number of hydrogen-bond donors (Lipinski definition) is 2. The summed E-state index contributed by atoms with van der Waals surface area (Å²) in [5.74, 6) is 0.601. The van der Waals surface area contributed by atoms with Crippen LogP contribution < -0.4 is 11.1 Å². The molecule has 0 aliphatic heterocycles. The standard InChI is InChI=1S/C11H15N5O/c1-8-5-10(13-4-2-3-9(12)17)16-11(6-8)14-7-15-16/h5-7,13H,2-4H2,1H3,(H2,12,17). The van der Waals surface area contributed by atoms with Crippen molar-refractivity contribution >= 4 is 17.4 Å². The first-order valence-electron chi connectivity index (χ1n) is 5.49. The average molecular weight is 233 g/mol. The molecule has 6 nitrogen and oxygen atoms in total. The number of nitrogens with one attached hydrogen (secondary N) is 1. The number of amides is 1. The van der Waals surface area contributed by atoms with E-state index in [4.69, 9.17) is 5.73 Å². The van der Waals surface area contributed by atoms with E-state index in [1.54, 1.807) is 4.52 Å². The van der Waals surface area contributed by atoms with Gasteiger partial charge in [0, 0.05) is 13.0 Å². The van der Waals surface area contributed by atoms with Crippen molar-refractivity contribution < 1.29 is 4.79 Å². The molecular formula is C11H15N5O. The zero-order chi connectivity index (χ0) is 12.3. The van der Waals surface area contributed by atoms with Gasteiger partial charge in [0.1, 0.15) is 12.1 Å². The van der Waals surface area contributed by atoms with Crippen molar-refractivity contribution in [1.82, 2.24) is 14.6 Å². The molecule has 2 aromatic heterocycles. The van der Waals surface area contributed by atoms with Gasteiger partial charge in [-0.3, -0.25) is 4.79 Å². The number of anilines is 1. The molecule has 2 heterocycles. The van der Waals surface area contributed by atoms with E-state index in [0.717, 1.165) is 17.0 Å². The van der Waals surface area contributed by atoms with Gasteiger partial charge in [0.15, 0.2) is 5.65 Å². The number of hydrogen-bond acceptors (Lipinski definition) is 4. The quantitative estimate of drug-likeness (QED) is 0.745. The van der Waals surface area contributed by atoms with Crippen LogP contribution in [0.5, 0.6) is 0 Å². The molecule has 0 radical (unpaired) electrons. The summed E-state index contributed by atoms with van der Waals surface area (Å²) in [7, 11) is 0. The van der Waals surface area contributed by atoms with Gasteiger partial charge in [-0.05, 0) is 31.0 Å². The molecule has 0 saturated heterocycles. The number of nitrogens with two attached hydrogens (primary N) is 1. The summed E-state index contributed by atoms with van der Waals surface area (Å²) >= 11 is 0. The van der Waals surface area contributed by atoms with E-state index in [1.165, 1.54) is 6.33 Å². The Labute approximate surface area is 98.8 Å². The second-order valence-corrected chi connectivity index (χ2v) is 3.94. The third-order valence-electron chi connectivity index (χ3n) is 2.43. The molecule has 6 heteroatoms. The fraction of sp³-hybridized carbons (Fsp3) is 0.364. The largest absolute Gasteiger partial charge is 0.370 e. The summed E-state index contributed by atoms with van der Waals surface area (Å²) < 4.78 is 1.73. The van der Waals surface area contributed by atoms with E-state index < -0.39 is 0 Å². The smallest absolute Gasteiger partial charge is 0.217 e. The maximum absolute atomic E-state index is 10.6. The molecule has 0 spiro atoms. The maximum atomic E-state index is 10.6. The minimum atomic E-state index is -0.276. The molecule has 2 rings (SSSR count). The zero-order valence-electron chi connectivity index (χ0n) is 9.68. The van der Waals surface area contributed by atoms with Gasteiger partial charge < -0.3 is 11.1 Å². The van der Waals surface area contributed by atoms with Crippen LogP contribution in [0.1, 0.15) is 18.4 Å². The van der Waals surface area contributed by atoms with Crippen LogP contribution in [0.4, 0.5) is 5.82 Å². The van der Waals surface area contributed by atoms with Crippen LogP contribution in [0.15, 0.2) is 18.5 Å². The molecule has 0 saturated carbocycles. The highest BCUT2D eigenvalue weighted by molar-refractivity contribution is 5.73. The van der Waals surface area contributed by atoms with Crippen LogP contribution in [-0.2, 0) is 4.79 Å². The average Bonchev–Trinajstić information content (AvgIpc) is 2.71. The lowest BCUT2D eigenvalue weighted by Gasteiger charge is -2.08. The summed E-state index contributed by atoms with van der Waals surface area (Å²) in [6.45, 7) is 2.69. The number of carbonyl (C=O) groups excluding carboxylic acids is 1. The summed E-state index contributed by atoms with van der Waals surface area (Å²) in [5.41, 5.74) is 7.00. The highest BCUT2D eigenvalue weighted by atomic mass is 16.1. The number of pyridine rings is 1. The first-order valence-corrected chi connectivity index (χ1v) is 5.49. The van der Waals surface area contributed by atoms with Crippen LogP contribution in [0.2, 0.25) is 0 Å². The molecule has 1 amide bonds. The summed E-state index contributed by atoms with van der Waals surface area (Å²) in [4.78, 5) is 14.7. The fourth-order valence-electron chi connectivity index (χ4n) is 1.66. The predicted molar refractivity (Wildman–Crippen MR) is 64.6 cm³/mol. The van der Waals surface area contributed by atoms with Gasteiger partial charge in [-0.15, -0.1) is 0 Å². The second kappa shape index (κ2) is 4.82. The van der Waals surface area contributed by atoms with Gasteiger partial charge in [-0.1, -0.05) is 0 Å². The molecule has 0 aromatic carbocycles. The molecule has 0 aliphatic rings. The van der Waals surface area contributed by atoms with Crippen molar-refractivity contribution in [2.75, 3.05) is 11.9 Å². The lowest BCUT2D eigenvalue weighted by Crippen LogP contribution is -2.13. The van der Waals surface area contributed by atoms with E-state index in [2.05, 4.69) is 15.4 Å². The zero-order valence-corrected chi connectivity index (χ0v) is 9.68. The van der Waals surface area contributed by atoms with E-state index in [9.17, 15) is 4.79 Å².